The summed E-state index contributed by atoms with van der Waals surface area (Å²) in [6.07, 6.45) is 1.68. The Hall–Kier alpha value is -2.20. The molecule has 0 amide bonds. The van der Waals surface area contributed by atoms with Crippen LogP contribution in [0, 0.1) is 11.6 Å². The average molecular weight is 299 g/mol. The molecule has 1 unspecified atom stereocenters. The maximum atomic E-state index is 13.6. The van der Waals surface area contributed by atoms with Crippen LogP contribution in [0.3, 0.4) is 0 Å². The third-order valence-corrected chi connectivity index (χ3v) is 4.37. The predicted octanol–water partition coefficient (Wildman–Crippen LogP) is 4.29. The highest BCUT2D eigenvalue weighted by Crippen LogP contribution is 2.37. The second-order valence-electron chi connectivity index (χ2n) is 5.92. The Bertz CT molecular complexity index is 835. The van der Waals surface area contributed by atoms with Gasteiger partial charge >= 0.3 is 0 Å². The van der Waals surface area contributed by atoms with Gasteiger partial charge in [0.05, 0.1) is 6.26 Å². The van der Waals surface area contributed by atoms with E-state index in [9.17, 15) is 8.78 Å². The highest BCUT2D eigenvalue weighted by atomic mass is 19.1. The molecule has 22 heavy (non-hydrogen) atoms. The van der Waals surface area contributed by atoms with E-state index >= 15 is 0 Å². The van der Waals surface area contributed by atoms with Crippen molar-refractivity contribution in [3.63, 3.8) is 0 Å². The van der Waals surface area contributed by atoms with E-state index in [1.54, 1.807) is 6.26 Å². The molecular weight excluding hydrogens is 284 g/mol. The van der Waals surface area contributed by atoms with Crippen molar-refractivity contribution >= 4 is 11.0 Å². The lowest BCUT2D eigenvalue weighted by Gasteiger charge is -2.33. The molecule has 3 aromatic rings. The van der Waals surface area contributed by atoms with E-state index < -0.39 is 11.6 Å². The number of halogens is 2. The lowest BCUT2D eigenvalue weighted by Crippen LogP contribution is -2.31. The molecule has 0 spiro atoms. The molecule has 1 aliphatic rings. The highest BCUT2D eigenvalue weighted by Gasteiger charge is 2.27. The van der Waals surface area contributed by atoms with Gasteiger partial charge in [0.15, 0.2) is 0 Å². The zero-order chi connectivity index (χ0) is 15.3. The number of likely N-dealkylation sites (N-methyl/N-ethyl adjacent to an activating group) is 1. The first-order chi connectivity index (χ1) is 10.6. The second kappa shape index (κ2) is 4.92. The van der Waals surface area contributed by atoms with E-state index in [-0.39, 0.29) is 5.92 Å². The minimum atomic E-state index is -0.533. The Kier molecular flexibility index (Phi) is 3.01. The van der Waals surface area contributed by atoms with Gasteiger partial charge in [0.2, 0.25) is 0 Å². The highest BCUT2D eigenvalue weighted by molar-refractivity contribution is 5.83. The molecule has 0 fully saturated rings. The maximum absolute atomic E-state index is 13.6. The van der Waals surface area contributed by atoms with Crippen LogP contribution in [0.5, 0.6) is 0 Å². The maximum Gasteiger partial charge on any atom is 0.134 e. The SMILES string of the molecule is CN1Cc2c(ccc3occc23)C(c2cc(F)cc(F)c2)C1. The Labute approximate surface area is 127 Å². The van der Waals surface area contributed by atoms with Crippen molar-refractivity contribution in [2.24, 2.45) is 0 Å². The van der Waals surface area contributed by atoms with Crippen LogP contribution < -0.4 is 0 Å². The second-order valence-corrected chi connectivity index (χ2v) is 5.92. The van der Waals surface area contributed by atoms with Gasteiger partial charge in [-0.2, -0.15) is 0 Å². The van der Waals surface area contributed by atoms with Crippen LogP contribution in [0.4, 0.5) is 8.78 Å². The normalized spacial score (nSPS) is 18.6. The first-order valence-corrected chi connectivity index (χ1v) is 7.25. The van der Waals surface area contributed by atoms with Crippen molar-refractivity contribution < 1.29 is 13.2 Å². The summed E-state index contributed by atoms with van der Waals surface area (Å²) in [4.78, 5) is 2.17. The van der Waals surface area contributed by atoms with Crippen LogP contribution in [-0.2, 0) is 6.54 Å². The number of furan rings is 1. The van der Waals surface area contributed by atoms with Gasteiger partial charge in [0.1, 0.15) is 17.2 Å². The standard InChI is InChI=1S/C18H15F2NO/c1-21-9-16(11-6-12(19)8-13(20)7-11)14-2-3-18-15(4-5-22-18)17(14)10-21/h2-8,16H,9-10H2,1H3. The van der Waals surface area contributed by atoms with Crippen LogP contribution in [0.25, 0.3) is 11.0 Å². The van der Waals surface area contributed by atoms with Crippen molar-refractivity contribution in [2.75, 3.05) is 13.6 Å². The topological polar surface area (TPSA) is 16.4 Å². The molecule has 0 N–H and O–H groups in total. The van der Waals surface area contributed by atoms with Crippen LogP contribution in [0.1, 0.15) is 22.6 Å². The molecule has 1 aromatic heterocycles. The van der Waals surface area contributed by atoms with Gasteiger partial charge in [-0.25, -0.2) is 8.78 Å². The van der Waals surface area contributed by atoms with E-state index in [1.807, 2.05) is 25.2 Å². The number of fused-ring (bicyclic) bond motifs is 3. The molecule has 0 radical (unpaired) electrons. The molecule has 1 aliphatic heterocycles. The van der Waals surface area contributed by atoms with Gasteiger partial charge in [0.25, 0.3) is 0 Å². The third-order valence-electron chi connectivity index (χ3n) is 4.37. The van der Waals surface area contributed by atoms with Gasteiger partial charge in [-0.3, -0.25) is 0 Å². The first kappa shape index (κ1) is 13.5. The fourth-order valence-corrected chi connectivity index (χ4v) is 3.43. The first-order valence-electron chi connectivity index (χ1n) is 7.25. The summed E-state index contributed by atoms with van der Waals surface area (Å²) in [6, 6.07) is 9.67. The van der Waals surface area contributed by atoms with E-state index in [1.165, 1.54) is 17.7 Å². The van der Waals surface area contributed by atoms with Crippen LogP contribution in [0.2, 0.25) is 0 Å². The summed E-state index contributed by atoms with van der Waals surface area (Å²) >= 11 is 0. The molecule has 0 aliphatic carbocycles. The van der Waals surface area contributed by atoms with Crippen molar-refractivity contribution in [1.29, 1.82) is 0 Å². The van der Waals surface area contributed by atoms with Crippen molar-refractivity contribution in [3.8, 4) is 0 Å². The Morgan fingerprint density at radius 2 is 1.86 bits per heavy atom. The Morgan fingerprint density at radius 1 is 1.09 bits per heavy atom. The summed E-state index contributed by atoms with van der Waals surface area (Å²) in [5.74, 6) is -1.11. The summed E-state index contributed by atoms with van der Waals surface area (Å²) in [6.45, 7) is 1.54. The van der Waals surface area contributed by atoms with Crippen molar-refractivity contribution in [1.82, 2.24) is 4.90 Å². The quantitative estimate of drug-likeness (QED) is 0.666. The van der Waals surface area contributed by atoms with E-state index in [4.69, 9.17) is 4.42 Å². The minimum Gasteiger partial charge on any atom is -0.464 e. The Balaban J connectivity index is 1.91. The van der Waals surface area contributed by atoms with Crippen LogP contribution >= 0.6 is 0 Å². The fourth-order valence-electron chi connectivity index (χ4n) is 3.43. The van der Waals surface area contributed by atoms with Gasteiger partial charge < -0.3 is 9.32 Å². The molecule has 1 atom stereocenters. The number of benzene rings is 2. The molecule has 0 saturated heterocycles. The molecule has 2 heterocycles. The minimum absolute atomic E-state index is 0.0433. The number of hydrogen-bond acceptors (Lipinski definition) is 2. The summed E-state index contributed by atoms with van der Waals surface area (Å²) < 4.78 is 32.6. The van der Waals surface area contributed by atoms with E-state index in [2.05, 4.69) is 4.90 Å². The summed E-state index contributed by atoms with van der Waals surface area (Å²) in [5, 5.41) is 1.07. The van der Waals surface area contributed by atoms with Crippen molar-refractivity contribution in [3.05, 3.63) is 71.0 Å². The monoisotopic (exact) mass is 299 g/mol. The zero-order valence-corrected chi connectivity index (χ0v) is 12.1. The summed E-state index contributed by atoms with van der Waals surface area (Å²) in [7, 11) is 2.02. The fraction of sp³-hybridized carbons (Fsp3) is 0.222. The Morgan fingerprint density at radius 3 is 2.64 bits per heavy atom. The smallest absolute Gasteiger partial charge is 0.134 e. The van der Waals surface area contributed by atoms with Gasteiger partial charge in [-0.05, 0) is 48.0 Å². The van der Waals surface area contributed by atoms with Gasteiger partial charge in [0, 0.05) is 30.5 Å². The summed E-state index contributed by atoms with van der Waals surface area (Å²) in [5.41, 5.74) is 3.82. The lowest BCUT2D eigenvalue weighted by atomic mass is 9.83. The number of nitrogens with zero attached hydrogens (tertiary/aromatic N) is 1. The van der Waals surface area contributed by atoms with Crippen LogP contribution in [0.15, 0.2) is 47.1 Å². The van der Waals surface area contributed by atoms with Crippen LogP contribution in [-0.4, -0.2) is 18.5 Å². The van der Waals surface area contributed by atoms with E-state index in [0.29, 0.717) is 5.56 Å². The molecule has 4 rings (SSSR count). The molecule has 0 saturated carbocycles. The zero-order valence-electron chi connectivity index (χ0n) is 12.1. The molecule has 2 nitrogen and oxygen atoms in total. The number of rotatable bonds is 1. The molecule has 2 aromatic carbocycles. The van der Waals surface area contributed by atoms with E-state index in [0.717, 1.165) is 35.7 Å². The average Bonchev–Trinajstić information content (AvgIpc) is 2.94. The molecule has 0 bridgehead atoms. The third kappa shape index (κ3) is 2.11. The van der Waals surface area contributed by atoms with Gasteiger partial charge in [-0.15, -0.1) is 0 Å². The van der Waals surface area contributed by atoms with Crippen molar-refractivity contribution in [2.45, 2.75) is 12.5 Å². The van der Waals surface area contributed by atoms with Gasteiger partial charge in [-0.1, -0.05) is 6.07 Å². The molecule has 4 heteroatoms. The number of hydrogen-bond donors (Lipinski definition) is 0. The predicted molar refractivity (Wildman–Crippen MR) is 80.7 cm³/mol. The molecular formula is C18H15F2NO. The molecule has 112 valence electrons. The largest absolute Gasteiger partial charge is 0.464 e. The lowest BCUT2D eigenvalue weighted by molar-refractivity contribution is 0.296.